The highest BCUT2D eigenvalue weighted by Gasteiger charge is 2.27. The minimum atomic E-state index is -0.492. The summed E-state index contributed by atoms with van der Waals surface area (Å²) >= 11 is 0. The van der Waals surface area contributed by atoms with Crippen molar-refractivity contribution in [3.8, 4) is 17.2 Å². The first-order valence-corrected chi connectivity index (χ1v) is 14.8. The first-order chi connectivity index (χ1) is 20.6. The van der Waals surface area contributed by atoms with Gasteiger partial charge in [0.2, 0.25) is 0 Å². The molecule has 0 aromatic heterocycles. The maximum absolute atomic E-state index is 9.43. The fourth-order valence-electron chi connectivity index (χ4n) is 5.01. The zero-order valence-electron chi connectivity index (χ0n) is 24.8. The van der Waals surface area contributed by atoms with E-state index in [1.165, 1.54) is 5.56 Å². The lowest BCUT2D eigenvalue weighted by atomic mass is 9.88. The Hall–Kier alpha value is -3.14. The average Bonchev–Trinajstić information content (AvgIpc) is 3.02. The van der Waals surface area contributed by atoms with Gasteiger partial charge in [0.05, 0.1) is 59.0 Å². The van der Waals surface area contributed by atoms with Gasteiger partial charge in [0.25, 0.3) is 0 Å². The molecule has 1 heterocycles. The van der Waals surface area contributed by atoms with Crippen molar-refractivity contribution in [2.45, 2.75) is 51.1 Å². The lowest BCUT2D eigenvalue weighted by Crippen LogP contribution is -2.41. The molecule has 0 radical (unpaired) electrons. The third-order valence-corrected chi connectivity index (χ3v) is 7.15. The van der Waals surface area contributed by atoms with Crippen LogP contribution in [-0.4, -0.2) is 70.5 Å². The molecule has 0 bridgehead atoms. The van der Waals surface area contributed by atoms with Crippen molar-refractivity contribution in [2.24, 2.45) is 0 Å². The van der Waals surface area contributed by atoms with Gasteiger partial charge in [-0.15, -0.1) is 0 Å². The van der Waals surface area contributed by atoms with E-state index < -0.39 is 6.10 Å². The first kappa shape index (κ1) is 31.8. The van der Waals surface area contributed by atoms with E-state index >= 15 is 0 Å². The standard InChI is InChI=1S/C34H45NO7/c1-26(36)23-39-25-29-9-4-6-11-33(29)41-20-21-42-34-22-35-17-16-31(34)27-12-14-30(15-13-27)40-19-7-18-38-24-28-8-3-5-10-32(28)37-2/h3-6,8-15,26,31,34-36H,7,16-25H2,1-2H3/t26-,31?,34?/m0/s1. The molecular formula is C34H45NO7. The van der Waals surface area contributed by atoms with Gasteiger partial charge in [-0.3, -0.25) is 0 Å². The molecule has 1 aliphatic heterocycles. The molecule has 0 saturated carbocycles. The number of ether oxygens (including phenoxy) is 6. The molecule has 2 N–H and O–H groups in total. The van der Waals surface area contributed by atoms with E-state index in [0.29, 0.717) is 52.2 Å². The Labute approximate surface area is 249 Å². The van der Waals surface area contributed by atoms with Gasteiger partial charge in [-0.05, 0) is 49.7 Å². The molecule has 0 aliphatic carbocycles. The van der Waals surface area contributed by atoms with Crippen LogP contribution in [-0.2, 0) is 27.4 Å². The van der Waals surface area contributed by atoms with Crippen molar-refractivity contribution in [1.82, 2.24) is 5.32 Å². The van der Waals surface area contributed by atoms with Gasteiger partial charge in [0.1, 0.15) is 23.9 Å². The number of benzene rings is 3. The van der Waals surface area contributed by atoms with Crippen molar-refractivity contribution in [3.63, 3.8) is 0 Å². The van der Waals surface area contributed by atoms with Crippen LogP contribution in [0.3, 0.4) is 0 Å². The van der Waals surface area contributed by atoms with Gasteiger partial charge in [0, 0.05) is 30.0 Å². The zero-order chi connectivity index (χ0) is 29.4. The van der Waals surface area contributed by atoms with Crippen LogP contribution in [0.25, 0.3) is 0 Å². The predicted octanol–water partition coefficient (Wildman–Crippen LogP) is 5.12. The van der Waals surface area contributed by atoms with Crippen LogP contribution in [0.5, 0.6) is 17.2 Å². The van der Waals surface area contributed by atoms with E-state index in [-0.39, 0.29) is 6.10 Å². The Bertz CT molecular complexity index is 1170. The number of hydrogen-bond donors (Lipinski definition) is 2. The van der Waals surface area contributed by atoms with Crippen LogP contribution >= 0.6 is 0 Å². The SMILES string of the molecule is COc1ccccc1COCCCOc1ccc(C2CCNCC2OCCOc2ccccc2COC[C@H](C)O)cc1. The second kappa shape index (κ2) is 17.7. The summed E-state index contributed by atoms with van der Waals surface area (Å²) in [7, 11) is 1.67. The summed E-state index contributed by atoms with van der Waals surface area (Å²) in [5, 5.41) is 12.9. The minimum absolute atomic E-state index is 0.0686. The quantitative estimate of drug-likeness (QED) is 0.201. The third-order valence-electron chi connectivity index (χ3n) is 7.15. The molecule has 3 aromatic carbocycles. The summed E-state index contributed by atoms with van der Waals surface area (Å²) in [6.07, 6.45) is 1.40. The molecule has 4 rings (SSSR count). The highest BCUT2D eigenvalue weighted by Crippen LogP contribution is 2.29. The zero-order valence-corrected chi connectivity index (χ0v) is 24.8. The third kappa shape index (κ3) is 10.3. The van der Waals surface area contributed by atoms with Gasteiger partial charge < -0.3 is 38.8 Å². The Morgan fingerprint density at radius 3 is 2.29 bits per heavy atom. The van der Waals surface area contributed by atoms with Crippen molar-refractivity contribution >= 4 is 0 Å². The highest BCUT2D eigenvalue weighted by molar-refractivity contribution is 5.33. The fraction of sp³-hybridized carbons (Fsp3) is 0.471. The number of aliphatic hydroxyl groups is 1. The smallest absolute Gasteiger partial charge is 0.124 e. The minimum Gasteiger partial charge on any atom is -0.496 e. The maximum atomic E-state index is 9.43. The van der Waals surface area contributed by atoms with E-state index in [1.807, 2.05) is 60.7 Å². The average molecular weight is 580 g/mol. The summed E-state index contributed by atoms with van der Waals surface area (Å²) in [5.74, 6) is 2.80. The number of methoxy groups -OCH3 is 1. The highest BCUT2D eigenvalue weighted by atomic mass is 16.5. The van der Waals surface area contributed by atoms with Crippen molar-refractivity contribution in [1.29, 1.82) is 0 Å². The van der Waals surface area contributed by atoms with Crippen molar-refractivity contribution in [3.05, 3.63) is 89.5 Å². The van der Waals surface area contributed by atoms with Gasteiger partial charge in [-0.2, -0.15) is 0 Å². The monoisotopic (exact) mass is 579 g/mol. The van der Waals surface area contributed by atoms with E-state index in [9.17, 15) is 5.11 Å². The molecular weight excluding hydrogens is 534 g/mol. The number of para-hydroxylation sites is 2. The second-order valence-corrected chi connectivity index (χ2v) is 10.5. The second-order valence-electron chi connectivity index (χ2n) is 10.5. The normalized spacial score (nSPS) is 17.5. The van der Waals surface area contributed by atoms with Crippen LogP contribution < -0.4 is 19.5 Å². The van der Waals surface area contributed by atoms with Gasteiger partial charge >= 0.3 is 0 Å². The molecule has 42 heavy (non-hydrogen) atoms. The van der Waals surface area contributed by atoms with Gasteiger partial charge in [-0.1, -0.05) is 48.5 Å². The van der Waals surface area contributed by atoms with Crippen LogP contribution in [0.2, 0.25) is 0 Å². The Balaban J connectivity index is 1.17. The molecule has 228 valence electrons. The molecule has 3 aromatic rings. The predicted molar refractivity (Wildman–Crippen MR) is 162 cm³/mol. The summed E-state index contributed by atoms with van der Waals surface area (Å²) < 4.78 is 35.0. The lowest BCUT2D eigenvalue weighted by molar-refractivity contribution is 0.00644. The summed E-state index contributed by atoms with van der Waals surface area (Å²) in [5.41, 5.74) is 3.26. The van der Waals surface area contributed by atoms with Gasteiger partial charge in [-0.25, -0.2) is 0 Å². The number of hydrogen-bond acceptors (Lipinski definition) is 8. The number of nitrogens with one attached hydrogen (secondary N) is 1. The summed E-state index contributed by atoms with van der Waals surface area (Å²) in [4.78, 5) is 0. The lowest BCUT2D eigenvalue weighted by Gasteiger charge is -2.32. The Morgan fingerprint density at radius 2 is 1.52 bits per heavy atom. The van der Waals surface area contributed by atoms with E-state index in [0.717, 1.165) is 54.3 Å². The van der Waals surface area contributed by atoms with Crippen LogP contribution in [0, 0.1) is 0 Å². The van der Waals surface area contributed by atoms with Crippen molar-refractivity contribution in [2.75, 3.05) is 53.2 Å². The molecule has 0 spiro atoms. The number of rotatable bonds is 18. The van der Waals surface area contributed by atoms with E-state index in [1.54, 1.807) is 14.0 Å². The molecule has 1 fully saturated rings. The molecule has 8 nitrogen and oxygen atoms in total. The van der Waals surface area contributed by atoms with E-state index in [4.69, 9.17) is 28.4 Å². The largest absolute Gasteiger partial charge is 0.496 e. The molecule has 3 atom stereocenters. The van der Waals surface area contributed by atoms with Crippen LogP contribution in [0.15, 0.2) is 72.8 Å². The van der Waals surface area contributed by atoms with E-state index in [2.05, 4.69) is 17.4 Å². The molecule has 2 unspecified atom stereocenters. The Morgan fingerprint density at radius 1 is 0.810 bits per heavy atom. The summed E-state index contributed by atoms with van der Waals surface area (Å²) in [6, 6.07) is 24.1. The maximum Gasteiger partial charge on any atom is 0.124 e. The van der Waals surface area contributed by atoms with Crippen molar-refractivity contribution < 1.29 is 33.5 Å². The van der Waals surface area contributed by atoms with Crippen LogP contribution in [0.4, 0.5) is 0 Å². The molecule has 1 aliphatic rings. The number of aliphatic hydroxyl groups excluding tert-OH is 1. The Kier molecular flexibility index (Phi) is 13.4. The summed E-state index contributed by atoms with van der Waals surface area (Å²) in [6.45, 7) is 6.86. The number of piperidine rings is 1. The first-order valence-electron chi connectivity index (χ1n) is 14.8. The molecule has 1 saturated heterocycles. The van der Waals surface area contributed by atoms with Gasteiger partial charge in [0.15, 0.2) is 0 Å². The molecule has 0 amide bonds. The molecule has 8 heteroatoms. The topological polar surface area (TPSA) is 87.6 Å². The fourth-order valence-corrected chi connectivity index (χ4v) is 5.01. The van der Waals surface area contributed by atoms with Crippen LogP contribution in [0.1, 0.15) is 42.4 Å².